The van der Waals surface area contributed by atoms with E-state index < -0.39 is 32.5 Å². The number of hydrogen-bond donors (Lipinski definition) is 0. The summed E-state index contributed by atoms with van der Waals surface area (Å²) in [6.07, 6.45) is 70.6. The summed E-state index contributed by atoms with van der Waals surface area (Å²) >= 11 is 0. The van der Waals surface area contributed by atoms with Crippen molar-refractivity contribution in [2.45, 2.75) is 180 Å². The van der Waals surface area contributed by atoms with Crippen LogP contribution in [0.2, 0.25) is 0 Å². The van der Waals surface area contributed by atoms with Gasteiger partial charge in [-0.15, -0.1) is 0 Å². The number of allylic oxidation sites excluding steroid dienone is 22. The van der Waals surface area contributed by atoms with Gasteiger partial charge in [-0.2, -0.15) is 0 Å². The standard InChI is InChI=1S/C59H96NO8P/c1-6-8-10-12-14-16-18-20-22-23-24-25-26-27-28-29-30-31-32-33-34-35-36-37-38-40-42-44-46-48-50-52-59(62)68-57(56-67-69(63,64)66-54-53-60(3,4)5)55-65-58(61)51-49-47-45-43-41-39-21-19-17-15-13-11-9-7-2/h8,10,13-16,19-22,24-25,27-28,30-31,33-34,36-37,40,42,57H,6-7,9,11-12,17-18,23,26,29,32,35,38-39,41,43-56H2,1-5H3/b10-8-,15-13-,16-14-,21-19-,22-20-,25-24-,28-27-,31-30-,34-33-,37-36-,42-40-. The van der Waals surface area contributed by atoms with Crippen molar-refractivity contribution >= 4 is 19.8 Å². The Morgan fingerprint density at radius 3 is 1.25 bits per heavy atom. The van der Waals surface area contributed by atoms with Gasteiger partial charge in [0.2, 0.25) is 0 Å². The third kappa shape index (κ3) is 53.4. The summed E-state index contributed by atoms with van der Waals surface area (Å²) in [5, 5.41) is 0. The molecule has 2 atom stereocenters. The molecule has 0 bridgehead atoms. The maximum atomic E-state index is 12.7. The van der Waals surface area contributed by atoms with Gasteiger partial charge in [0.15, 0.2) is 6.10 Å². The van der Waals surface area contributed by atoms with E-state index in [0.29, 0.717) is 23.9 Å². The molecule has 0 aliphatic rings. The molecule has 10 heteroatoms. The van der Waals surface area contributed by atoms with Crippen LogP contribution in [0.25, 0.3) is 0 Å². The van der Waals surface area contributed by atoms with Crippen molar-refractivity contribution in [2.24, 2.45) is 0 Å². The maximum Gasteiger partial charge on any atom is 0.306 e. The molecule has 0 rings (SSSR count). The van der Waals surface area contributed by atoms with E-state index in [4.69, 9.17) is 18.5 Å². The summed E-state index contributed by atoms with van der Waals surface area (Å²) in [5.41, 5.74) is 0. The Labute approximate surface area is 421 Å². The molecule has 0 N–H and O–H groups in total. The van der Waals surface area contributed by atoms with Gasteiger partial charge in [-0.3, -0.25) is 14.2 Å². The van der Waals surface area contributed by atoms with E-state index in [2.05, 4.69) is 148 Å². The molecular formula is C59H96NO8P. The highest BCUT2D eigenvalue weighted by molar-refractivity contribution is 7.45. The summed E-state index contributed by atoms with van der Waals surface area (Å²) < 4.78 is 34.0. The van der Waals surface area contributed by atoms with E-state index >= 15 is 0 Å². The van der Waals surface area contributed by atoms with Crippen molar-refractivity contribution in [3.8, 4) is 0 Å². The molecule has 0 saturated carbocycles. The molecule has 0 heterocycles. The minimum absolute atomic E-state index is 0.0481. The van der Waals surface area contributed by atoms with Crippen LogP contribution in [0.4, 0.5) is 0 Å². The summed E-state index contributed by atoms with van der Waals surface area (Å²) in [7, 11) is 1.11. The second-order valence-electron chi connectivity index (χ2n) is 18.1. The molecule has 2 unspecified atom stereocenters. The number of carbonyl (C=O) groups excluding carboxylic acids is 2. The number of rotatable bonds is 46. The number of ether oxygens (including phenoxy) is 2. The molecule has 0 amide bonds. The van der Waals surface area contributed by atoms with Crippen LogP contribution < -0.4 is 4.89 Å². The fourth-order valence-corrected chi connectivity index (χ4v) is 7.04. The van der Waals surface area contributed by atoms with Gasteiger partial charge >= 0.3 is 11.9 Å². The fourth-order valence-electron chi connectivity index (χ4n) is 6.31. The summed E-state index contributed by atoms with van der Waals surface area (Å²) in [4.78, 5) is 37.7. The number of likely N-dealkylation sites (N-methyl/N-ethyl adjacent to an activating group) is 1. The van der Waals surface area contributed by atoms with Crippen molar-refractivity contribution in [3.05, 3.63) is 134 Å². The third-order valence-corrected chi connectivity index (χ3v) is 11.4. The Kier molecular flexibility index (Phi) is 46.4. The second-order valence-corrected chi connectivity index (χ2v) is 19.6. The Hall–Kier alpha value is -3.85. The Morgan fingerprint density at radius 2 is 0.826 bits per heavy atom. The van der Waals surface area contributed by atoms with E-state index in [1.54, 1.807) is 0 Å². The van der Waals surface area contributed by atoms with Crippen LogP contribution in [-0.4, -0.2) is 70.0 Å². The highest BCUT2D eigenvalue weighted by Crippen LogP contribution is 2.38. The molecule has 0 spiro atoms. The predicted octanol–water partition coefficient (Wildman–Crippen LogP) is 15.6. The quantitative estimate of drug-likeness (QED) is 0.0195. The zero-order valence-electron chi connectivity index (χ0n) is 43.9. The monoisotopic (exact) mass is 978 g/mol. The average molecular weight is 978 g/mol. The van der Waals surface area contributed by atoms with Crippen molar-refractivity contribution in [2.75, 3.05) is 47.5 Å². The van der Waals surface area contributed by atoms with E-state index in [9.17, 15) is 19.0 Å². The molecule has 9 nitrogen and oxygen atoms in total. The van der Waals surface area contributed by atoms with Gasteiger partial charge in [0, 0.05) is 12.8 Å². The number of carbonyl (C=O) groups is 2. The van der Waals surface area contributed by atoms with Gasteiger partial charge in [-0.05, 0) is 109 Å². The summed E-state index contributed by atoms with van der Waals surface area (Å²) in [6, 6.07) is 0. The van der Waals surface area contributed by atoms with Gasteiger partial charge in [-0.1, -0.05) is 186 Å². The molecule has 0 aromatic rings. The molecule has 0 saturated heterocycles. The lowest BCUT2D eigenvalue weighted by molar-refractivity contribution is -0.870. The van der Waals surface area contributed by atoms with Crippen LogP contribution in [-0.2, 0) is 32.7 Å². The topological polar surface area (TPSA) is 111 Å². The maximum absolute atomic E-state index is 12.7. The smallest absolute Gasteiger partial charge is 0.306 e. The molecule has 0 aliphatic carbocycles. The lowest BCUT2D eigenvalue weighted by atomic mass is 10.1. The first-order valence-electron chi connectivity index (χ1n) is 26.4. The first-order valence-corrected chi connectivity index (χ1v) is 27.9. The molecule has 0 radical (unpaired) electrons. The van der Waals surface area contributed by atoms with Crippen LogP contribution in [0.3, 0.4) is 0 Å². The molecule has 0 aromatic carbocycles. The average Bonchev–Trinajstić information content (AvgIpc) is 3.31. The highest BCUT2D eigenvalue weighted by atomic mass is 31.2. The van der Waals surface area contributed by atoms with Crippen LogP contribution >= 0.6 is 7.82 Å². The number of esters is 2. The number of phosphoric ester groups is 1. The van der Waals surface area contributed by atoms with Crippen molar-refractivity contribution in [1.82, 2.24) is 0 Å². The number of quaternary nitrogens is 1. The first-order chi connectivity index (χ1) is 33.5. The Balaban J connectivity index is 4.33. The lowest BCUT2D eigenvalue weighted by Gasteiger charge is -2.28. The molecule has 0 aromatic heterocycles. The molecule has 69 heavy (non-hydrogen) atoms. The minimum Gasteiger partial charge on any atom is -0.756 e. The van der Waals surface area contributed by atoms with Gasteiger partial charge < -0.3 is 27.9 Å². The normalized spacial score (nSPS) is 14.5. The summed E-state index contributed by atoms with van der Waals surface area (Å²) in [6.45, 7) is 3.99. The minimum atomic E-state index is -4.65. The number of nitrogens with zero attached hydrogens (tertiary/aromatic N) is 1. The van der Waals surface area contributed by atoms with Gasteiger partial charge in [0.25, 0.3) is 7.82 Å². The highest BCUT2D eigenvalue weighted by Gasteiger charge is 2.21. The zero-order chi connectivity index (χ0) is 50.6. The number of unbranched alkanes of at least 4 members (excludes halogenated alkanes) is 10. The Bertz CT molecular complexity index is 1620. The summed E-state index contributed by atoms with van der Waals surface area (Å²) in [5.74, 6) is -0.903. The third-order valence-electron chi connectivity index (χ3n) is 10.4. The molecule has 390 valence electrons. The number of hydrogen-bond acceptors (Lipinski definition) is 8. The number of phosphoric acid groups is 1. The molecular weight excluding hydrogens is 882 g/mol. The Morgan fingerprint density at radius 1 is 0.464 bits per heavy atom. The fraction of sp³-hybridized carbons (Fsp3) is 0.593. The van der Waals surface area contributed by atoms with Crippen molar-refractivity contribution < 1.29 is 42.1 Å². The largest absolute Gasteiger partial charge is 0.756 e. The van der Waals surface area contributed by atoms with Crippen LogP contribution in [0.5, 0.6) is 0 Å². The SMILES string of the molecule is CC/C=C\C/C=C\C/C=C\C/C=C\C/C=C\C/C=C\C/C=C\C/C=C\C/C=C\CCCCCC(=O)OC(COC(=O)CCCCCCC/C=C\C/C=C\CCCC)COP(=O)([O-])OCC[N+](C)(C)C. The van der Waals surface area contributed by atoms with E-state index in [-0.39, 0.29) is 26.1 Å². The lowest BCUT2D eigenvalue weighted by Crippen LogP contribution is -2.37. The first kappa shape index (κ1) is 65.1. The second kappa shape index (κ2) is 49.1. The van der Waals surface area contributed by atoms with E-state index in [1.165, 1.54) is 12.8 Å². The van der Waals surface area contributed by atoms with Crippen molar-refractivity contribution in [3.63, 3.8) is 0 Å². The van der Waals surface area contributed by atoms with E-state index in [1.807, 2.05) is 21.1 Å². The van der Waals surface area contributed by atoms with Gasteiger partial charge in [0.05, 0.1) is 27.7 Å². The van der Waals surface area contributed by atoms with E-state index in [0.717, 1.165) is 122 Å². The molecule has 0 fully saturated rings. The van der Waals surface area contributed by atoms with Gasteiger partial charge in [-0.25, -0.2) is 0 Å². The van der Waals surface area contributed by atoms with Crippen LogP contribution in [0.1, 0.15) is 174 Å². The predicted molar refractivity (Wildman–Crippen MR) is 291 cm³/mol. The van der Waals surface area contributed by atoms with Crippen LogP contribution in [0.15, 0.2) is 134 Å². The van der Waals surface area contributed by atoms with Gasteiger partial charge in [0.1, 0.15) is 19.8 Å². The van der Waals surface area contributed by atoms with Crippen molar-refractivity contribution in [1.29, 1.82) is 0 Å². The van der Waals surface area contributed by atoms with Crippen LogP contribution in [0, 0.1) is 0 Å². The zero-order valence-corrected chi connectivity index (χ0v) is 44.8. The molecule has 0 aliphatic heterocycles.